The Kier molecular flexibility index (Phi) is 68.6. The van der Waals surface area contributed by atoms with Gasteiger partial charge >= 0.3 is 17.9 Å². The predicted octanol–water partition coefficient (Wildman–Crippen LogP) is 25.2. The molecule has 0 fully saturated rings. The van der Waals surface area contributed by atoms with Crippen LogP contribution in [0.25, 0.3) is 0 Å². The third-order valence-corrected chi connectivity index (χ3v) is 16.2. The Bertz CT molecular complexity index is 1520. The van der Waals surface area contributed by atoms with E-state index in [9.17, 15) is 14.4 Å². The third kappa shape index (κ3) is 69.5. The fourth-order valence-corrected chi connectivity index (χ4v) is 10.8. The van der Waals surface area contributed by atoms with Crippen molar-refractivity contribution in [1.82, 2.24) is 0 Å². The summed E-state index contributed by atoms with van der Waals surface area (Å²) in [5, 5.41) is 0. The zero-order valence-electron chi connectivity index (χ0n) is 55.5. The summed E-state index contributed by atoms with van der Waals surface area (Å²) in [6, 6.07) is 0. The molecule has 0 saturated carbocycles. The highest BCUT2D eigenvalue weighted by atomic mass is 16.6. The van der Waals surface area contributed by atoms with Crippen molar-refractivity contribution in [2.24, 2.45) is 0 Å². The highest BCUT2D eigenvalue weighted by Gasteiger charge is 2.19. The van der Waals surface area contributed by atoms with Gasteiger partial charge in [0.05, 0.1) is 0 Å². The second-order valence-corrected chi connectivity index (χ2v) is 24.5. The van der Waals surface area contributed by atoms with Gasteiger partial charge in [0.1, 0.15) is 13.2 Å². The lowest BCUT2D eigenvalue weighted by Crippen LogP contribution is -2.30. The average Bonchev–Trinajstić information content (AvgIpc) is 3.49. The lowest BCUT2D eigenvalue weighted by atomic mass is 10.0. The van der Waals surface area contributed by atoms with Gasteiger partial charge in [0.25, 0.3) is 0 Å². The summed E-state index contributed by atoms with van der Waals surface area (Å²) < 4.78 is 16.9. The largest absolute Gasteiger partial charge is 0.462 e. The topological polar surface area (TPSA) is 78.9 Å². The third-order valence-electron chi connectivity index (χ3n) is 16.2. The van der Waals surface area contributed by atoms with E-state index in [1.165, 1.54) is 257 Å². The first-order valence-electron chi connectivity index (χ1n) is 36.4. The Morgan fingerprint density at radius 2 is 0.470 bits per heavy atom. The van der Waals surface area contributed by atoms with Crippen molar-refractivity contribution in [2.45, 2.75) is 386 Å². The molecule has 0 saturated heterocycles. The van der Waals surface area contributed by atoms with Crippen molar-refractivity contribution in [3.63, 3.8) is 0 Å². The Hall–Kier alpha value is -3.15. The van der Waals surface area contributed by atoms with Crippen molar-refractivity contribution in [2.75, 3.05) is 13.2 Å². The van der Waals surface area contributed by atoms with Gasteiger partial charge in [-0.15, -0.1) is 0 Å². The van der Waals surface area contributed by atoms with E-state index in [-0.39, 0.29) is 37.5 Å². The zero-order chi connectivity index (χ0) is 59.9. The van der Waals surface area contributed by atoms with E-state index in [1.807, 2.05) is 6.08 Å². The van der Waals surface area contributed by atoms with Crippen molar-refractivity contribution in [1.29, 1.82) is 0 Å². The monoisotopic (exact) mass is 1160 g/mol. The molecule has 0 N–H and O–H groups in total. The first-order valence-corrected chi connectivity index (χ1v) is 36.4. The number of carbonyl (C=O) groups is 3. The second-order valence-electron chi connectivity index (χ2n) is 24.5. The Balaban J connectivity index is 4.19. The molecule has 0 amide bonds. The summed E-state index contributed by atoms with van der Waals surface area (Å²) in [5.74, 6) is -0.965. The van der Waals surface area contributed by atoms with Crippen LogP contribution in [0, 0.1) is 0 Å². The molecule has 0 bridgehead atoms. The molecule has 0 radical (unpaired) electrons. The van der Waals surface area contributed by atoms with Gasteiger partial charge in [-0.2, -0.15) is 0 Å². The van der Waals surface area contributed by atoms with Crippen LogP contribution in [0.1, 0.15) is 380 Å². The summed E-state index contributed by atoms with van der Waals surface area (Å²) in [4.78, 5) is 38.3. The van der Waals surface area contributed by atoms with Gasteiger partial charge in [0.2, 0.25) is 0 Å². The van der Waals surface area contributed by atoms with E-state index in [0.717, 1.165) is 77.0 Å². The van der Waals surface area contributed by atoms with E-state index in [1.54, 1.807) is 0 Å². The molecule has 0 aliphatic rings. The maximum Gasteiger partial charge on any atom is 0.306 e. The van der Waals surface area contributed by atoms with Gasteiger partial charge in [-0.25, -0.2) is 0 Å². The van der Waals surface area contributed by atoms with Crippen LogP contribution in [0.4, 0.5) is 0 Å². The fourth-order valence-electron chi connectivity index (χ4n) is 10.8. The van der Waals surface area contributed by atoms with Crippen LogP contribution in [0.2, 0.25) is 0 Å². The number of allylic oxidation sites excluding steroid dienone is 12. The summed E-state index contributed by atoms with van der Waals surface area (Å²) in [5.41, 5.74) is 0. The van der Waals surface area contributed by atoms with Crippen molar-refractivity contribution < 1.29 is 28.6 Å². The molecule has 0 aromatic rings. The van der Waals surface area contributed by atoms with Gasteiger partial charge in [-0.3, -0.25) is 14.4 Å². The molecule has 1 unspecified atom stereocenters. The van der Waals surface area contributed by atoms with Crippen LogP contribution in [-0.2, 0) is 28.6 Å². The van der Waals surface area contributed by atoms with Crippen molar-refractivity contribution >= 4 is 17.9 Å². The van der Waals surface area contributed by atoms with Gasteiger partial charge in [-0.05, 0) is 57.8 Å². The molecule has 0 aromatic heterocycles. The molecular weight excluding hydrogens is 1020 g/mol. The number of hydrogen-bond donors (Lipinski definition) is 0. The van der Waals surface area contributed by atoms with E-state index in [4.69, 9.17) is 14.2 Å². The normalized spacial score (nSPS) is 12.5. The van der Waals surface area contributed by atoms with Gasteiger partial charge in [-0.1, -0.05) is 376 Å². The Morgan fingerprint density at radius 1 is 0.253 bits per heavy atom. The maximum atomic E-state index is 12.9. The summed E-state index contributed by atoms with van der Waals surface area (Å²) >= 11 is 0. The highest BCUT2D eigenvalue weighted by molar-refractivity contribution is 5.71. The minimum atomic E-state index is -0.814. The summed E-state index contributed by atoms with van der Waals surface area (Å²) in [6.45, 7) is 6.52. The standard InChI is InChI=1S/C77H138O6/c1-4-7-10-13-16-19-22-25-27-29-31-32-33-34-35-36-37-38-39-40-41-42-43-44-46-47-49-52-55-58-61-64-67-70-76(79)82-73-74(72-81-75(78)69-66-63-60-57-54-51-24-21-18-15-12-9-6-3)83-77(80)71-68-65-62-59-56-53-50-48-45-30-28-26-23-20-17-14-11-8-5-2/h8,11,17,20,26,28,45,48,53,56,62,65,74H,4-7,9-10,12-16,18-19,21-25,27,29-44,46-47,49-52,54-55,57-61,63-64,66-73H2,1-3H3/b11-8-,20-17-,28-26-,48-45-,56-53-,65-62-. The first-order chi connectivity index (χ1) is 41.0. The molecule has 0 heterocycles. The van der Waals surface area contributed by atoms with Crippen LogP contribution < -0.4 is 0 Å². The minimum Gasteiger partial charge on any atom is -0.462 e. The molecule has 0 aliphatic heterocycles. The molecule has 0 rings (SSSR count). The van der Waals surface area contributed by atoms with Crippen molar-refractivity contribution in [3.05, 3.63) is 72.9 Å². The van der Waals surface area contributed by atoms with Crippen molar-refractivity contribution in [3.8, 4) is 0 Å². The van der Waals surface area contributed by atoms with Crippen LogP contribution >= 0.6 is 0 Å². The average molecular weight is 1160 g/mol. The maximum absolute atomic E-state index is 12.9. The Morgan fingerprint density at radius 3 is 0.711 bits per heavy atom. The quantitative estimate of drug-likeness (QED) is 0.0261. The molecular formula is C77H138O6. The smallest absolute Gasteiger partial charge is 0.306 e. The van der Waals surface area contributed by atoms with Gasteiger partial charge in [0.15, 0.2) is 6.10 Å². The molecule has 482 valence electrons. The van der Waals surface area contributed by atoms with Crippen LogP contribution in [0.15, 0.2) is 72.9 Å². The predicted molar refractivity (Wildman–Crippen MR) is 362 cm³/mol. The molecule has 6 heteroatoms. The van der Waals surface area contributed by atoms with Crippen LogP contribution in [0.5, 0.6) is 0 Å². The van der Waals surface area contributed by atoms with Gasteiger partial charge in [0, 0.05) is 19.3 Å². The number of hydrogen-bond acceptors (Lipinski definition) is 6. The molecule has 0 aliphatic carbocycles. The fraction of sp³-hybridized carbons (Fsp3) is 0.805. The lowest BCUT2D eigenvalue weighted by molar-refractivity contribution is -0.166. The molecule has 1 atom stereocenters. The first kappa shape index (κ1) is 79.8. The van der Waals surface area contributed by atoms with E-state index in [0.29, 0.717) is 19.3 Å². The lowest BCUT2D eigenvalue weighted by Gasteiger charge is -2.18. The SMILES string of the molecule is CC/C=C\C/C=C\C/C=C\C/C=C\C/C=C\C/C=C\CCC(=O)OC(COC(=O)CCCCCCCCCCCCCCC)COC(=O)CCCCCCCCCCCCCCCCCCCCCCCCCCCCCCCCCCC. The second kappa shape index (κ2) is 71.3. The van der Waals surface area contributed by atoms with Crippen LogP contribution in [-0.4, -0.2) is 37.2 Å². The number of esters is 3. The number of carbonyl (C=O) groups excluding carboxylic acids is 3. The highest BCUT2D eigenvalue weighted by Crippen LogP contribution is 2.19. The molecule has 83 heavy (non-hydrogen) atoms. The number of rotatable bonds is 67. The molecule has 0 spiro atoms. The molecule has 0 aromatic carbocycles. The molecule has 6 nitrogen and oxygen atoms in total. The zero-order valence-corrected chi connectivity index (χ0v) is 55.5. The minimum absolute atomic E-state index is 0.101. The number of ether oxygens (including phenoxy) is 3. The van der Waals surface area contributed by atoms with Gasteiger partial charge < -0.3 is 14.2 Å². The Labute approximate surface area is 516 Å². The van der Waals surface area contributed by atoms with Crippen LogP contribution in [0.3, 0.4) is 0 Å². The van der Waals surface area contributed by atoms with E-state index in [2.05, 4.69) is 87.6 Å². The van der Waals surface area contributed by atoms with E-state index < -0.39 is 6.10 Å². The van der Waals surface area contributed by atoms with E-state index >= 15 is 0 Å². The summed E-state index contributed by atoms with van der Waals surface area (Å²) in [7, 11) is 0. The number of unbranched alkanes of at least 4 members (excludes halogenated alkanes) is 44. The summed E-state index contributed by atoms with van der Waals surface area (Å²) in [6.07, 6.45) is 94.0.